The second-order valence-corrected chi connectivity index (χ2v) is 6.10. The Morgan fingerprint density at radius 3 is 1.65 bits per heavy atom. The Morgan fingerprint density at radius 1 is 0.654 bits per heavy atom. The fraction of sp³-hybridized carbons (Fsp3) is 0.0833. The average Bonchev–Trinajstić information content (AvgIpc) is 2.67. The number of phenolic OH excluding ortho intramolecular Hbond substituents is 1. The van der Waals surface area contributed by atoms with Crippen LogP contribution in [-0.2, 0) is 6.42 Å². The molecule has 3 aromatic rings. The van der Waals surface area contributed by atoms with Gasteiger partial charge in [-0.25, -0.2) is 0 Å². The average molecular weight is 341 g/mol. The van der Waals surface area contributed by atoms with Gasteiger partial charge in [-0.05, 0) is 52.9 Å². The lowest BCUT2D eigenvalue weighted by Crippen LogP contribution is -2.01. The van der Waals surface area contributed by atoms with E-state index in [0.717, 1.165) is 6.42 Å². The zero-order chi connectivity index (χ0) is 18.2. The molecule has 0 saturated heterocycles. The maximum Gasteiger partial charge on any atom is 0.115 e. The second kappa shape index (κ2) is 8.84. The van der Waals surface area contributed by atoms with E-state index in [1.54, 1.807) is 12.1 Å². The van der Waals surface area contributed by atoms with Crippen LogP contribution < -0.4 is 5.73 Å². The van der Waals surface area contributed by atoms with Gasteiger partial charge in [-0.2, -0.15) is 0 Å². The SMILES string of the molecule is C1=Cc2ccccc2-c2ccccc2C=C1.NCCc1ccc(O)cc1. The van der Waals surface area contributed by atoms with Crippen molar-refractivity contribution in [1.82, 2.24) is 0 Å². The topological polar surface area (TPSA) is 46.2 Å². The molecule has 0 saturated carbocycles. The maximum atomic E-state index is 8.89. The number of allylic oxidation sites excluding steroid dienone is 2. The van der Waals surface area contributed by atoms with Crippen LogP contribution in [0.15, 0.2) is 84.9 Å². The van der Waals surface area contributed by atoms with Gasteiger partial charge in [0.15, 0.2) is 0 Å². The van der Waals surface area contributed by atoms with Gasteiger partial charge in [-0.3, -0.25) is 0 Å². The van der Waals surface area contributed by atoms with Crippen LogP contribution in [0.5, 0.6) is 5.75 Å². The molecule has 3 N–H and O–H groups in total. The first kappa shape index (κ1) is 17.7. The number of benzene rings is 3. The normalized spacial score (nSPS) is 11.4. The van der Waals surface area contributed by atoms with E-state index in [-0.39, 0.29) is 0 Å². The summed E-state index contributed by atoms with van der Waals surface area (Å²) in [5.74, 6) is 0.306. The van der Waals surface area contributed by atoms with Crippen LogP contribution in [0.3, 0.4) is 0 Å². The highest BCUT2D eigenvalue weighted by Crippen LogP contribution is 2.30. The molecule has 130 valence electrons. The first-order valence-corrected chi connectivity index (χ1v) is 8.79. The van der Waals surface area contributed by atoms with Gasteiger partial charge in [0.1, 0.15) is 5.75 Å². The molecule has 2 heteroatoms. The van der Waals surface area contributed by atoms with Crippen LogP contribution in [0.2, 0.25) is 0 Å². The smallest absolute Gasteiger partial charge is 0.115 e. The molecule has 0 radical (unpaired) electrons. The van der Waals surface area contributed by atoms with Gasteiger partial charge in [-0.1, -0.05) is 85.0 Å². The van der Waals surface area contributed by atoms with E-state index in [1.165, 1.54) is 27.8 Å². The summed E-state index contributed by atoms with van der Waals surface area (Å²) >= 11 is 0. The Kier molecular flexibility index (Phi) is 6.02. The molecule has 1 aliphatic carbocycles. The Balaban J connectivity index is 0.000000170. The number of fused-ring (bicyclic) bond motifs is 3. The van der Waals surface area contributed by atoms with Gasteiger partial charge >= 0.3 is 0 Å². The lowest BCUT2D eigenvalue weighted by molar-refractivity contribution is 0.475. The molecule has 0 aromatic heterocycles. The summed E-state index contributed by atoms with van der Waals surface area (Å²) in [4.78, 5) is 0. The zero-order valence-electron chi connectivity index (χ0n) is 14.7. The van der Waals surface area contributed by atoms with E-state index in [0.29, 0.717) is 12.3 Å². The molecule has 3 aromatic carbocycles. The van der Waals surface area contributed by atoms with Crippen LogP contribution in [-0.4, -0.2) is 11.7 Å². The molecule has 0 atom stereocenters. The van der Waals surface area contributed by atoms with E-state index in [1.807, 2.05) is 12.1 Å². The summed E-state index contributed by atoms with van der Waals surface area (Å²) in [6.07, 6.45) is 9.37. The Labute approximate surface area is 154 Å². The molecule has 0 fully saturated rings. The van der Waals surface area contributed by atoms with E-state index < -0.39 is 0 Å². The zero-order valence-corrected chi connectivity index (χ0v) is 14.7. The van der Waals surface area contributed by atoms with Gasteiger partial charge in [-0.15, -0.1) is 0 Å². The van der Waals surface area contributed by atoms with E-state index in [9.17, 15) is 0 Å². The van der Waals surface area contributed by atoms with Gasteiger partial charge in [0, 0.05) is 0 Å². The van der Waals surface area contributed by atoms with Crippen molar-refractivity contribution in [2.75, 3.05) is 6.54 Å². The summed E-state index contributed by atoms with van der Waals surface area (Å²) in [5, 5.41) is 8.89. The number of hydrogen-bond acceptors (Lipinski definition) is 2. The first-order chi connectivity index (χ1) is 12.8. The van der Waals surface area contributed by atoms with E-state index in [2.05, 4.69) is 72.8 Å². The Morgan fingerprint density at radius 2 is 1.15 bits per heavy atom. The minimum atomic E-state index is 0.306. The van der Waals surface area contributed by atoms with Crippen molar-refractivity contribution in [3.8, 4) is 16.9 Å². The van der Waals surface area contributed by atoms with Crippen molar-refractivity contribution in [3.05, 3.63) is 102 Å². The second-order valence-electron chi connectivity index (χ2n) is 6.10. The van der Waals surface area contributed by atoms with Crippen molar-refractivity contribution < 1.29 is 5.11 Å². The van der Waals surface area contributed by atoms with Crippen molar-refractivity contribution in [2.45, 2.75) is 6.42 Å². The molecule has 0 spiro atoms. The molecule has 0 heterocycles. The summed E-state index contributed by atoms with van der Waals surface area (Å²) in [7, 11) is 0. The lowest BCUT2D eigenvalue weighted by atomic mass is 9.93. The number of hydrogen-bond donors (Lipinski definition) is 2. The van der Waals surface area contributed by atoms with Gasteiger partial charge in [0.25, 0.3) is 0 Å². The van der Waals surface area contributed by atoms with Gasteiger partial charge in [0.2, 0.25) is 0 Å². The van der Waals surface area contributed by atoms with Crippen LogP contribution in [0.25, 0.3) is 23.3 Å². The van der Waals surface area contributed by atoms with Crippen LogP contribution >= 0.6 is 0 Å². The maximum absolute atomic E-state index is 8.89. The molecule has 2 nitrogen and oxygen atoms in total. The minimum absolute atomic E-state index is 0.306. The highest BCUT2D eigenvalue weighted by molar-refractivity contribution is 5.83. The van der Waals surface area contributed by atoms with Crippen molar-refractivity contribution in [3.63, 3.8) is 0 Å². The summed E-state index contributed by atoms with van der Waals surface area (Å²) in [6.45, 7) is 0.658. The third-order valence-corrected chi connectivity index (χ3v) is 4.24. The highest BCUT2D eigenvalue weighted by Gasteiger charge is 2.06. The predicted molar refractivity (Wildman–Crippen MR) is 111 cm³/mol. The largest absolute Gasteiger partial charge is 0.508 e. The fourth-order valence-electron chi connectivity index (χ4n) is 2.92. The summed E-state index contributed by atoms with van der Waals surface area (Å²) < 4.78 is 0. The molecule has 0 unspecified atom stereocenters. The fourth-order valence-corrected chi connectivity index (χ4v) is 2.92. The quantitative estimate of drug-likeness (QED) is 0.665. The summed E-state index contributed by atoms with van der Waals surface area (Å²) in [6, 6.07) is 24.1. The minimum Gasteiger partial charge on any atom is -0.508 e. The standard InChI is InChI=1S/C16H12.C8H11NO/c1-2-8-14-10-4-6-12-16(14)15-11-5-3-9-13(15)7-1;9-6-5-7-1-3-8(10)4-2-7/h1-12H;1-4,10H,5-6,9H2. The summed E-state index contributed by atoms with van der Waals surface area (Å²) in [5.41, 5.74) is 11.7. The Hall–Kier alpha value is -3.10. The molecular weight excluding hydrogens is 318 g/mol. The monoisotopic (exact) mass is 341 g/mol. The predicted octanol–water partition coefficient (Wildman–Crippen LogP) is 5.29. The van der Waals surface area contributed by atoms with Crippen molar-refractivity contribution >= 4 is 12.2 Å². The Bertz CT molecular complexity index is 854. The van der Waals surface area contributed by atoms with E-state index in [4.69, 9.17) is 10.8 Å². The van der Waals surface area contributed by atoms with Crippen molar-refractivity contribution in [1.29, 1.82) is 0 Å². The highest BCUT2D eigenvalue weighted by atomic mass is 16.3. The van der Waals surface area contributed by atoms with Crippen LogP contribution in [0, 0.1) is 0 Å². The van der Waals surface area contributed by atoms with Crippen LogP contribution in [0.4, 0.5) is 0 Å². The third-order valence-electron chi connectivity index (χ3n) is 4.24. The molecule has 26 heavy (non-hydrogen) atoms. The molecule has 0 aliphatic heterocycles. The molecule has 0 amide bonds. The van der Waals surface area contributed by atoms with Gasteiger partial charge < -0.3 is 10.8 Å². The first-order valence-electron chi connectivity index (χ1n) is 8.79. The van der Waals surface area contributed by atoms with Crippen LogP contribution in [0.1, 0.15) is 16.7 Å². The number of phenols is 1. The number of nitrogens with two attached hydrogens (primary N) is 1. The number of aromatic hydroxyl groups is 1. The third kappa shape index (κ3) is 4.50. The molecule has 1 aliphatic rings. The molecule has 4 rings (SSSR count). The van der Waals surface area contributed by atoms with Gasteiger partial charge in [0.05, 0.1) is 0 Å². The lowest BCUT2D eigenvalue weighted by Gasteiger charge is -2.11. The molecule has 0 bridgehead atoms. The van der Waals surface area contributed by atoms with Crippen molar-refractivity contribution in [2.24, 2.45) is 5.73 Å². The molecular formula is C24H23NO. The number of rotatable bonds is 2. The van der Waals surface area contributed by atoms with E-state index >= 15 is 0 Å².